The van der Waals surface area contributed by atoms with Crippen LogP contribution in [0.3, 0.4) is 0 Å². The maximum absolute atomic E-state index is 12.5. The van der Waals surface area contributed by atoms with Crippen LogP contribution >= 0.6 is 0 Å². The Kier molecular flexibility index (Phi) is 44.4. The third kappa shape index (κ3) is 38.6. The fourth-order valence-corrected chi connectivity index (χ4v) is 7.99. The van der Waals surface area contributed by atoms with Gasteiger partial charge in [-0.25, -0.2) is 0 Å². The van der Waals surface area contributed by atoms with Crippen molar-refractivity contribution >= 4 is 5.91 Å². The molecule has 4 atom stereocenters. The number of nitrogens with one attached hydrogen (secondary N) is 1. The van der Waals surface area contributed by atoms with E-state index in [0.29, 0.717) is 12.8 Å². The van der Waals surface area contributed by atoms with Crippen molar-refractivity contribution in [1.82, 2.24) is 5.32 Å². The first-order valence-corrected chi connectivity index (χ1v) is 25.1. The van der Waals surface area contributed by atoms with Crippen LogP contribution in [0, 0.1) is 0 Å². The molecule has 0 rings (SSSR count). The summed E-state index contributed by atoms with van der Waals surface area (Å²) >= 11 is 0. The van der Waals surface area contributed by atoms with Crippen LogP contribution in [0.25, 0.3) is 0 Å². The third-order valence-corrected chi connectivity index (χ3v) is 12.0. The Morgan fingerprint density at radius 1 is 0.429 bits per heavy atom. The smallest absolute Gasteiger partial charge is 0.249 e. The van der Waals surface area contributed by atoms with E-state index in [0.717, 1.165) is 44.9 Å². The standard InChI is InChI=1S/C50H99NO5/c1-3-5-7-9-11-13-15-17-19-21-23-24-25-26-28-30-32-34-36-38-40-42-44-48(54)50(56)51-46(45-52)49(55)47(53)43-41-39-37-35-33-31-29-27-22-20-18-16-14-12-10-8-6-4-2/h26,28,46-49,52-55H,3-25,27,29-45H2,1-2H3,(H,51,56)/b28-26-. The summed E-state index contributed by atoms with van der Waals surface area (Å²) in [5.41, 5.74) is 0. The summed E-state index contributed by atoms with van der Waals surface area (Å²) in [5, 5.41) is 43.9. The van der Waals surface area contributed by atoms with E-state index in [1.165, 1.54) is 199 Å². The van der Waals surface area contributed by atoms with E-state index in [1.54, 1.807) is 0 Å². The van der Waals surface area contributed by atoms with E-state index in [-0.39, 0.29) is 0 Å². The lowest BCUT2D eigenvalue weighted by Crippen LogP contribution is -2.53. The van der Waals surface area contributed by atoms with Gasteiger partial charge < -0.3 is 25.7 Å². The Morgan fingerprint density at radius 2 is 0.714 bits per heavy atom. The third-order valence-electron chi connectivity index (χ3n) is 12.0. The number of hydrogen-bond acceptors (Lipinski definition) is 5. The Balaban J connectivity index is 3.67. The molecule has 1 amide bonds. The molecule has 56 heavy (non-hydrogen) atoms. The van der Waals surface area contributed by atoms with Gasteiger partial charge in [-0.15, -0.1) is 0 Å². The van der Waals surface area contributed by atoms with Crippen molar-refractivity contribution in [2.45, 2.75) is 295 Å². The average Bonchev–Trinajstić information content (AvgIpc) is 3.20. The SMILES string of the molecule is CCCCCCCCCCCCCC/C=C\CCCCCCCCC(O)C(=O)NC(CO)C(O)C(O)CCCCCCCCCCCCCCCCCCCC. The van der Waals surface area contributed by atoms with Crippen molar-refractivity contribution in [1.29, 1.82) is 0 Å². The molecule has 0 bridgehead atoms. The van der Waals surface area contributed by atoms with Crippen molar-refractivity contribution in [2.24, 2.45) is 0 Å². The Labute approximate surface area is 349 Å². The summed E-state index contributed by atoms with van der Waals surface area (Å²) in [6, 6.07) is -0.985. The molecule has 4 unspecified atom stereocenters. The monoisotopic (exact) mass is 794 g/mol. The highest BCUT2D eigenvalue weighted by Crippen LogP contribution is 2.17. The number of hydrogen-bond donors (Lipinski definition) is 5. The maximum Gasteiger partial charge on any atom is 0.249 e. The Morgan fingerprint density at radius 3 is 1.04 bits per heavy atom. The number of aliphatic hydroxyl groups excluding tert-OH is 4. The van der Waals surface area contributed by atoms with Gasteiger partial charge >= 0.3 is 0 Å². The molecule has 0 spiro atoms. The van der Waals surface area contributed by atoms with E-state index in [1.807, 2.05) is 0 Å². The summed E-state index contributed by atoms with van der Waals surface area (Å²) in [6.45, 7) is 4.08. The van der Waals surface area contributed by atoms with Crippen LogP contribution < -0.4 is 5.32 Å². The number of amides is 1. The normalized spacial score (nSPS) is 14.0. The molecule has 0 aliphatic carbocycles. The number of carbonyl (C=O) groups is 1. The summed E-state index contributed by atoms with van der Waals surface area (Å²) in [4.78, 5) is 12.5. The minimum absolute atomic E-state index is 0.365. The first kappa shape index (κ1) is 55.0. The molecule has 0 aromatic carbocycles. The minimum atomic E-state index is -1.26. The van der Waals surface area contributed by atoms with Gasteiger partial charge in [0.25, 0.3) is 0 Å². The van der Waals surface area contributed by atoms with Crippen LogP contribution in [0.4, 0.5) is 0 Å². The molecule has 6 nitrogen and oxygen atoms in total. The zero-order chi connectivity index (χ0) is 41.0. The fourth-order valence-electron chi connectivity index (χ4n) is 7.99. The molecule has 0 aromatic rings. The van der Waals surface area contributed by atoms with Crippen molar-refractivity contribution in [2.75, 3.05) is 6.61 Å². The van der Waals surface area contributed by atoms with Gasteiger partial charge in [0.1, 0.15) is 12.2 Å². The zero-order valence-electron chi connectivity index (χ0n) is 37.7. The van der Waals surface area contributed by atoms with Gasteiger partial charge in [0.05, 0.1) is 18.8 Å². The second kappa shape index (κ2) is 45.1. The van der Waals surface area contributed by atoms with Gasteiger partial charge in [0, 0.05) is 0 Å². The highest BCUT2D eigenvalue weighted by atomic mass is 16.3. The van der Waals surface area contributed by atoms with E-state index in [2.05, 4.69) is 31.3 Å². The largest absolute Gasteiger partial charge is 0.394 e. The first-order valence-electron chi connectivity index (χ1n) is 25.1. The lowest BCUT2D eigenvalue weighted by Gasteiger charge is -2.27. The van der Waals surface area contributed by atoms with Crippen LogP contribution in [0.2, 0.25) is 0 Å². The van der Waals surface area contributed by atoms with Gasteiger partial charge in [0.15, 0.2) is 0 Å². The maximum atomic E-state index is 12.5. The predicted octanol–water partition coefficient (Wildman–Crippen LogP) is 13.7. The first-order chi connectivity index (χ1) is 27.5. The van der Waals surface area contributed by atoms with Gasteiger partial charge in [-0.05, 0) is 38.5 Å². The van der Waals surface area contributed by atoms with Crippen LogP contribution in [0.15, 0.2) is 12.2 Å². The van der Waals surface area contributed by atoms with Gasteiger partial charge in [-0.1, -0.05) is 244 Å². The van der Waals surface area contributed by atoms with E-state index in [9.17, 15) is 25.2 Å². The summed E-state index contributed by atoms with van der Waals surface area (Å²) in [7, 11) is 0. The number of carbonyl (C=O) groups excluding carboxylic acids is 1. The lowest BCUT2D eigenvalue weighted by molar-refractivity contribution is -0.132. The quantitative estimate of drug-likeness (QED) is 0.0311. The number of allylic oxidation sites excluding steroid dienone is 2. The zero-order valence-corrected chi connectivity index (χ0v) is 37.7. The topological polar surface area (TPSA) is 110 Å². The van der Waals surface area contributed by atoms with Crippen molar-refractivity contribution < 1.29 is 25.2 Å². The van der Waals surface area contributed by atoms with E-state index in [4.69, 9.17) is 0 Å². The molecule has 0 aliphatic heterocycles. The molecule has 0 aromatic heterocycles. The Bertz CT molecular complexity index is 806. The average molecular weight is 794 g/mol. The molecule has 0 heterocycles. The molecule has 0 saturated carbocycles. The minimum Gasteiger partial charge on any atom is -0.394 e. The molecule has 0 aliphatic rings. The van der Waals surface area contributed by atoms with Crippen LogP contribution in [0.5, 0.6) is 0 Å². The highest BCUT2D eigenvalue weighted by molar-refractivity contribution is 5.80. The molecule has 6 heteroatoms. The number of unbranched alkanes of at least 4 members (excludes halogenated alkanes) is 35. The molecular weight excluding hydrogens is 695 g/mol. The van der Waals surface area contributed by atoms with Crippen LogP contribution in [-0.4, -0.2) is 57.3 Å². The fraction of sp³-hybridized carbons (Fsp3) is 0.940. The molecular formula is C50H99NO5. The molecule has 0 saturated heterocycles. The summed E-state index contributed by atoms with van der Waals surface area (Å²) in [6.07, 6.45) is 51.1. The highest BCUT2D eigenvalue weighted by Gasteiger charge is 2.28. The number of rotatable bonds is 46. The van der Waals surface area contributed by atoms with Gasteiger partial charge in [-0.2, -0.15) is 0 Å². The summed E-state index contributed by atoms with van der Waals surface area (Å²) < 4.78 is 0. The molecule has 334 valence electrons. The van der Waals surface area contributed by atoms with Crippen molar-refractivity contribution in [3.05, 3.63) is 12.2 Å². The van der Waals surface area contributed by atoms with Crippen molar-refractivity contribution in [3.63, 3.8) is 0 Å². The number of aliphatic hydroxyl groups is 4. The van der Waals surface area contributed by atoms with Crippen molar-refractivity contribution in [3.8, 4) is 0 Å². The molecule has 0 fully saturated rings. The molecule has 5 N–H and O–H groups in total. The molecule has 0 radical (unpaired) electrons. The second-order valence-corrected chi connectivity index (χ2v) is 17.5. The lowest BCUT2D eigenvalue weighted by atomic mass is 9.99. The predicted molar refractivity (Wildman–Crippen MR) is 242 cm³/mol. The van der Waals surface area contributed by atoms with Gasteiger partial charge in [0.2, 0.25) is 5.91 Å². The van der Waals surface area contributed by atoms with Crippen LogP contribution in [0.1, 0.15) is 271 Å². The van der Waals surface area contributed by atoms with Crippen LogP contribution in [-0.2, 0) is 4.79 Å². The van der Waals surface area contributed by atoms with Gasteiger partial charge in [-0.3, -0.25) is 4.79 Å². The van der Waals surface area contributed by atoms with E-state index >= 15 is 0 Å². The Hall–Kier alpha value is -0.950. The summed E-state index contributed by atoms with van der Waals surface area (Å²) in [5.74, 6) is -0.584. The second-order valence-electron chi connectivity index (χ2n) is 17.5. The van der Waals surface area contributed by atoms with E-state index < -0.39 is 36.9 Å².